The number of hydrogen-bond donors (Lipinski definition) is 1. The van der Waals surface area contributed by atoms with E-state index in [1.807, 2.05) is 31.2 Å². The lowest BCUT2D eigenvalue weighted by Gasteiger charge is -2.15. The van der Waals surface area contributed by atoms with Gasteiger partial charge in [-0.2, -0.15) is 0 Å². The fourth-order valence-corrected chi connectivity index (χ4v) is 2.71. The first-order valence-electron chi connectivity index (χ1n) is 6.05. The average Bonchev–Trinajstić information content (AvgIpc) is 2.88. The van der Waals surface area contributed by atoms with Gasteiger partial charge in [-0.05, 0) is 42.8 Å². The zero-order valence-electron chi connectivity index (χ0n) is 10.7. The largest absolute Gasteiger partial charge is 0.496 e. The van der Waals surface area contributed by atoms with Crippen molar-refractivity contribution in [2.24, 2.45) is 0 Å². The van der Waals surface area contributed by atoms with E-state index in [-0.39, 0.29) is 0 Å². The van der Waals surface area contributed by atoms with Gasteiger partial charge in [0.15, 0.2) is 0 Å². The number of thiophene rings is 1. The van der Waals surface area contributed by atoms with E-state index < -0.39 is 6.10 Å². The minimum Gasteiger partial charge on any atom is -0.496 e. The van der Waals surface area contributed by atoms with E-state index in [0.717, 1.165) is 29.7 Å². The lowest BCUT2D eigenvalue weighted by molar-refractivity contribution is 0.164. The molecule has 0 aliphatic rings. The number of ether oxygens (including phenoxy) is 1. The van der Waals surface area contributed by atoms with Crippen molar-refractivity contribution in [2.45, 2.75) is 25.9 Å². The summed E-state index contributed by atoms with van der Waals surface area (Å²) < 4.78 is 5.33. The normalized spacial score (nSPS) is 12.4. The minimum absolute atomic E-state index is 0.470. The summed E-state index contributed by atoms with van der Waals surface area (Å²) in [5, 5.41) is 12.3. The molecule has 0 bridgehead atoms. The van der Waals surface area contributed by atoms with Crippen LogP contribution in [0, 0.1) is 6.92 Å². The summed E-state index contributed by atoms with van der Waals surface area (Å²) in [5.41, 5.74) is 2.01. The second-order valence-electron chi connectivity index (χ2n) is 4.38. The Labute approximate surface area is 112 Å². The van der Waals surface area contributed by atoms with Crippen LogP contribution in [0.3, 0.4) is 0 Å². The summed E-state index contributed by atoms with van der Waals surface area (Å²) in [6.07, 6.45) is 1.15. The van der Waals surface area contributed by atoms with Gasteiger partial charge in [0.2, 0.25) is 0 Å². The number of rotatable bonds is 5. The first kappa shape index (κ1) is 13.1. The van der Waals surface area contributed by atoms with Crippen LogP contribution >= 0.6 is 11.3 Å². The second-order valence-corrected chi connectivity index (χ2v) is 5.41. The maximum atomic E-state index is 10.2. The number of aliphatic hydroxyl groups excluding tert-OH is 1. The second kappa shape index (κ2) is 6.03. The minimum atomic E-state index is -0.470. The summed E-state index contributed by atoms with van der Waals surface area (Å²) in [6, 6.07) is 10.1. The SMILES string of the molecule is COc1cc(C)ccc1C(O)CCc1cccs1. The van der Waals surface area contributed by atoms with Gasteiger partial charge in [0.25, 0.3) is 0 Å². The van der Waals surface area contributed by atoms with Gasteiger partial charge in [0.1, 0.15) is 5.75 Å². The molecule has 1 atom stereocenters. The van der Waals surface area contributed by atoms with Crippen molar-refractivity contribution in [3.8, 4) is 5.75 Å². The van der Waals surface area contributed by atoms with E-state index >= 15 is 0 Å². The van der Waals surface area contributed by atoms with Crippen molar-refractivity contribution in [1.82, 2.24) is 0 Å². The Bertz CT molecular complexity index is 491. The third-order valence-corrected chi connectivity index (χ3v) is 3.93. The van der Waals surface area contributed by atoms with Crippen molar-refractivity contribution >= 4 is 11.3 Å². The molecule has 0 aliphatic heterocycles. The van der Waals surface area contributed by atoms with Crippen LogP contribution in [-0.4, -0.2) is 12.2 Å². The third kappa shape index (κ3) is 3.12. The van der Waals surface area contributed by atoms with E-state index in [1.165, 1.54) is 4.88 Å². The fourth-order valence-electron chi connectivity index (χ4n) is 1.98. The summed E-state index contributed by atoms with van der Waals surface area (Å²) in [6.45, 7) is 2.02. The molecule has 1 aromatic heterocycles. The zero-order chi connectivity index (χ0) is 13.0. The van der Waals surface area contributed by atoms with Gasteiger partial charge in [-0.25, -0.2) is 0 Å². The van der Waals surface area contributed by atoms with E-state index in [4.69, 9.17) is 4.74 Å². The van der Waals surface area contributed by atoms with E-state index in [2.05, 4.69) is 11.4 Å². The molecule has 0 radical (unpaired) electrons. The number of methoxy groups -OCH3 is 1. The Hall–Kier alpha value is -1.32. The molecule has 0 fully saturated rings. The van der Waals surface area contributed by atoms with Crippen molar-refractivity contribution < 1.29 is 9.84 Å². The molecule has 2 aromatic rings. The maximum Gasteiger partial charge on any atom is 0.124 e. The summed E-state index contributed by atoms with van der Waals surface area (Å²) in [4.78, 5) is 1.31. The highest BCUT2D eigenvalue weighted by molar-refractivity contribution is 7.09. The van der Waals surface area contributed by atoms with Crippen LogP contribution in [0.25, 0.3) is 0 Å². The van der Waals surface area contributed by atoms with E-state index in [0.29, 0.717) is 0 Å². The lowest BCUT2D eigenvalue weighted by Crippen LogP contribution is -2.02. The van der Waals surface area contributed by atoms with Crippen LogP contribution in [0.1, 0.15) is 28.5 Å². The van der Waals surface area contributed by atoms with E-state index in [1.54, 1.807) is 18.4 Å². The van der Waals surface area contributed by atoms with Gasteiger partial charge in [-0.1, -0.05) is 18.2 Å². The Morgan fingerprint density at radius 1 is 1.33 bits per heavy atom. The molecule has 2 nitrogen and oxygen atoms in total. The van der Waals surface area contributed by atoms with Crippen molar-refractivity contribution in [2.75, 3.05) is 7.11 Å². The average molecular weight is 262 g/mol. The molecule has 0 spiro atoms. The molecule has 3 heteroatoms. The topological polar surface area (TPSA) is 29.5 Å². The highest BCUT2D eigenvalue weighted by Crippen LogP contribution is 2.29. The number of aryl methyl sites for hydroxylation is 2. The molecule has 1 unspecified atom stereocenters. The molecule has 18 heavy (non-hydrogen) atoms. The Balaban J connectivity index is 2.06. The molecule has 1 heterocycles. The Morgan fingerprint density at radius 2 is 2.17 bits per heavy atom. The highest BCUT2D eigenvalue weighted by atomic mass is 32.1. The van der Waals surface area contributed by atoms with E-state index in [9.17, 15) is 5.11 Å². The first-order valence-corrected chi connectivity index (χ1v) is 6.93. The Kier molecular flexibility index (Phi) is 4.39. The smallest absolute Gasteiger partial charge is 0.124 e. The molecule has 1 N–H and O–H groups in total. The van der Waals surface area contributed by atoms with Crippen molar-refractivity contribution in [3.05, 3.63) is 51.7 Å². The molecule has 0 saturated heterocycles. The molecule has 0 saturated carbocycles. The lowest BCUT2D eigenvalue weighted by atomic mass is 10.0. The van der Waals surface area contributed by atoms with Crippen LogP contribution in [0.2, 0.25) is 0 Å². The van der Waals surface area contributed by atoms with Gasteiger partial charge in [-0.15, -0.1) is 11.3 Å². The molecule has 96 valence electrons. The summed E-state index contributed by atoms with van der Waals surface area (Å²) in [5.74, 6) is 0.772. The van der Waals surface area contributed by atoms with Crippen LogP contribution in [0.4, 0.5) is 0 Å². The van der Waals surface area contributed by atoms with Crippen LogP contribution in [0.5, 0.6) is 5.75 Å². The van der Waals surface area contributed by atoms with Gasteiger partial charge in [0, 0.05) is 10.4 Å². The zero-order valence-corrected chi connectivity index (χ0v) is 11.5. The molecule has 0 amide bonds. The maximum absolute atomic E-state index is 10.2. The van der Waals surface area contributed by atoms with Crippen LogP contribution in [-0.2, 0) is 6.42 Å². The Morgan fingerprint density at radius 3 is 2.83 bits per heavy atom. The molecule has 0 aliphatic carbocycles. The highest BCUT2D eigenvalue weighted by Gasteiger charge is 2.13. The van der Waals surface area contributed by atoms with Crippen molar-refractivity contribution in [1.29, 1.82) is 0 Å². The quantitative estimate of drug-likeness (QED) is 0.889. The summed E-state index contributed by atoms with van der Waals surface area (Å²) in [7, 11) is 1.64. The van der Waals surface area contributed by atoms with Gasteiger partial charge in [-0.3, -0.25) is 0 Å². The first-order chi connectivity index (χ1) is 8.70. The third-order valence-electron chi connectivity index (χ3n) is 2.99. The van der Waals surface area contributed by atoms with Crippen LogP contribution < -0.4 is 4.74 Å². The standard InChI is InChI=1S/C15H18O2S/c1-11-5-7-13(15(10-11)17-2)14(16)8-6-12-4-3-9-18-12/h3-5,7,9-10,14,16H,6,8H2,1-2H3. The molecule has 2 rings (SSSR count). The predicted octanol–water partition coefficient (Wildman–Crippen LogP) is 3.73. The number of aliphatic hydroxyl groups is 1. The van der Waals surface area contributed by atoms with Crippen LogP contribution in [0.15, 0.2) is 35.7 Å². The van der Waals surface area contributed by atoms with Crippen molar-refractivity contribution in [3.63, 3.8) is 0 Å². The molecular weight excluding hydrogens is 244 g/mol. The van der Waals surface area contributed by atoms with Gasteiger partial charge < -0.3 is 9.84 Å². The van der Waals surface area contributed by atoms with Gasteiger partial charge in [0.05, 0.1) is 13.2 Å². The molecule has 1 aromatic carbocycles. The fraction of sp³-hybridized carbons (Fsp3) is 0.333. The summed E-state index contributed by atoms with van der Waals surface area (Å²) >= 11 is 1.73. The molecular formula is C15H18O2S. The number of benzene rings is 1. The predicted molar refractivity (Wildman–Crippen MR) is 75.3 cm³/mol. The number of hydrogen-bond acceptors (Lipinski definition) is 3. The van der Waals surface area contributed by atoms with Gasteiger partial charge >= 0.3 is 0 Å². The monoisotopic (exact) mass is 262 g/mol.